The lowest BCUT2D eigenvalue weighted by Gasteiger charge is -2.25. The summed E-state index contributed by atoms with van der Waals surface area (Å²) in [7, 11) is 0. The van der Waals surface area contributed by atoms with Gasteiger partial charge in [-0.05, 0) is 60.5 Å². The minimum atomic E-state index is -1.34. The average molecular weight is 498 g/mol. The molecule has 0 radical (unpaired) electrons. The van der Waals surface area contributed by atoms with Gasteiger partial charge in [0.05, 0.1) is 5.69 Å². The Labute approximate surface area is 205 Å². The summed E-state index contributed by atoms with van der Waals surface area (Å²) >= 11 is 7.39. The lowest BCUT2D eigenvalue weighted by Crippen LogP contribution is -2.44. The number of nitrogens with one attached hydrogen (secondary N) is 2. The molecule has 1 saturated heterocycles. The molecule has 2 N–H and O–H groups in total. The highest BCUT2D eigenvalue weighted by molar-refractivity contribution is 7.99. The summed E-state index contributed by atoms with van der Waals surface area (Å²) in [6.45, 7) is 1.29. The second kappa shape index (κ2) is 9.87. The van der Waals surface area contributed by atoms with Crippen molar-refractivity contribution in [3.63, 3.8) is 0 Å². The predicted octanol–water partition coefficient (Wildman–Crippen LogP) is 5.43. The summed E-state index contributed by atoms with van der Waals surface area (Å²) in [6.07, 6.45) is 0.252. The smallest absolute Gasteiger partial charge is 0.323 e. The second-order valence-corrected chi connectivity index (χ2v) is 9.24. The van der Waals surface area contributed by atoms with E-state index in [0.717, 1.165) is 14.7 Å². The van der Waals surface area contributed by atoms with Crippen molar-refractivity contribution in [2.45, 2.75) is 28.7 Å². The number of halogens is 2. The molecule has 1 aliphatic heterocycles. The number of nitrogens with zero attached hydrogens (tertiary/aromatic N) is 1. The van der Waals surface area contributed by atoms with Gasteiger partial charge < -0.3 is 10.6 Å². The molecule has 1 unspecified atom stereocenters. The van der Waals surface area contributed by atoms with Crippen molar-refractivity contribution in [3.8, 4) is 0 Å². The van der Waals surface area contributed by atoms with Crippen LogP contribution in [-0.4, -0.2) is 29.3 Å². The maximum Gasteiger partial charge on any atom is 0.325 e. The highest BCUT2D eigenvalue weighted by atomic mass is 35.5. The molecule has 4 amide bonds. The zero-order chi connectivity index (χ0) is 24.3. The zero-order valence-electron chi connectivity index (χ0n) is 18.2. The van der Waals surface area contributed by atoms with Gasteiger partial charge in [-0.3, -0.25) is 14.5 Å². The van der Waals surface area contributed by atoms with E-state index in [2.05, 4.69) is 10.6 Å². The molecule has 0 spiro atoms. The molecule has 4 rings (SSSR count). The fourth-order valence-electron chi connectivity index (χ4n) is 3.77. The molecule has 1 heterocycles. The van der Waals surface area contributed by atoms with Crippen molar-refractivity contribution in [1.82, 2.24) is 10.2 Å². The summed E-state index contributed by atoms with van der Waals surface area (Å²) in [5.74, 6) is -1.51. The van der Waals surface area contributed by atoms with Gasteiger partial charge in [0.2, 0.25) is 5.91 Å². The SMILES string of the molecule is CCC1(c2ccc(F)cc2)NC(=O)N(CC(=O)Nc2ccccc2Sc2ccc(Cl)cc2)C1=O. The van der Waals surface area contributed by atoms with E-state index < -0.39 is 35.7 Å². The number of imide groups is 1. The van der Waals surface area contributed by atoms with Gasteiger partial charge >= 0.3 is 6.03 Å². The molecule has 0 saturated carbocycles. The maximum absolute atomic E-state index is 13.4. The van der Waals surface area contributed by atoms with Crippen LogP contribution in [0.2, 0.25) is 5.02 Å². The number of carbonyl (C=O) groups is 3. The third kappa shape index (κ3) is 4.78. The molecule has 0 aliphatic carbocycles. The molecule has 34 heavy (non-hydrogen) atoms. The van der Waals surface area contributed by atoms with Crippen LogP contribution >= 0.6 is 23.4 Å². The Balaban J connectivity index is 1.49. The first-order valence-electron chi connectivity index (χ1n) is 10.5. The van der Waals surface area contributed by atoms with E-state index in [1.807, 2.05) is 24.3 Å². The van der Waals surface area contributed by atoms with Crippen LogP contribution in [0.5, 0.6) is 0 Å². The van der Waals surface area contributed by atoms with Crippen molar-refractivity contribution < 1.29 is 18.8 Å². The highest BCUT2D eigenvalue weighted by Crippen LogP contribution is 2.35. The first-order valence-corrected chi connectivity index (χ1v) is 11.7. The van der Waals surface area contributed by atoms with E-state index in [1.165, 1.54) is 36.0 Å². The fourth-order valence-corrected chi connectivity index (χ4v) is 4.79. The molecule has 1 atom stereocenters. The van der Waals surface area contributed by atoms with E-state index in [-0.39, 0.29) is 6.42 Å². The number of benzene rings is 3. The standard InChI is InChI=1S/C25H21ClFN3O3S/c1-2-25(16-7-11-18(27)12-8-16)23(32)30(24(33)29-25)15-22(31)28-20-5-3-4-6-21(20)34-19-13-9-17(26)10-14-19/h3-14H,2,15H2,1H3,(H,28,31)(H,29,33). The normalized spacial score (nSPS) is 17.6. The number of hydrogen-bond acceptors (Lipinski definition) is 4. The van der Waals surface area contributed by atoms with Gasteiger partial charge in [0, 0.05) is 14.8 Å². The minimum absolute atomic E-state index is 0.252. The third-order valence-corrected chi connectivity index (χ3v) is 6.88. The zero-order valence-corrected chi connectivity index (χ0v) is 19.8. The van der Waals surface area contributed by atoms with Crippen LogP contribution in [0.15, 0.2) is 82.6 Å². The number of para-hydroxylation sites is 1. The van der Waals surface area contributed by atoms with Gasteiger partial charge in [0.1, 0.15) is 17.9 Å². The summed E-state index contributed by atoms with van der Waals surface area (Å²) in [5.41, 5.74) is -0.324. The highest BCUT2D eigenvalue weighted by Gasteiger charge is 2.51. The molecule has 3 aromatic rings. The Morgan fingerprint density at radius 3 is 2.41 bits per heavy atom. The van der Waals surface area contributed by atoms with Gasteiger partial charge in [-0.2, -0.15) is 0 Å². The summed E-state index contributed by atoms with van der Waals surface area (Å²) in [6, 6.07) is 19.3. The molecule has 1 aliphatic rings. The van der Waals surface area contributed by atoms with Crippen LogP contribution in [0.1, 0.15) is 18.9 Å². The number of urea groups is 1. The number of anilines is 1. The van der Waals surface area contributed by atoms with Crippen molar-refractivity contribution >= 4 is 46.9 Å². The van der Waals surface area contributed by atoms with Gasteiger partial charge in [-0.25, -0.2) is 9.18 Å². The summed E-state index contributed by atoms with van der Waals surface area (Å²) in [4.78, 5) is 41.3. The molecular weight excluding hydrogens is 477 g/mol. The average Bonchev–Trinajstić information content (AvgIpc) is 3.07. The van der Waals surface area contributed by atoms with Crippen LogP contribution in [0, 0.1) is 5.82 Å². The Kier molecular flexibility index (Phi) is 6.90. The van der Waals surface area contributed by atoms with Crippen LogP contribution in [0.25, 0.3) is 0 Å². The maximum atomic E-state index is 13.4. The molecular formula is C25H21ClFN3O3S. The van der Waals surface area contributed by atoms with Crippen molar-refractivity contribution in [1.29, 1.82) is 0 Å². The number of rotatable bonds is 7. The Bertz CT molecular complexity index is 1240. The number of amides is 4. The van der Waals surface area contributed by atoms with Crippen LogP contribution in [0.4, 0.5) is 14.9 Å². The van der Waals surface area contributed by atoms with Crippen molar-refractivity contribution in [2.24, 2.45) is 0 Å². The summed E-state index contributed by atoms with van der Waals surface area (Å²) in [5, 5.41) is 6.11. The molecule has 3 aromatic carbocycles. The third-order valence-electron chi connectivity index (χ3n) is 5.55. The van der Waals surface area contributed by atoms with Gasteiger partial charge in [-0.1, -0.05) is 54.6 Å². The Morgan fingerprint density at radius 1 is 1.06 bits per heavy atom. The van der Waals surface area contributed by atoms with Crippen LogP contribution in [-0.2, 0) is 15.1 Å². The van der Waals surface area contributed by atoms with Crippen molar-refractivity contribution in [3.05, 3.63) is 89.2 Å². The fraction of sp³-hybridized carbons (Fsp3) is 0.160. The lowest BCUT2D eigenvalue weighted by molar-refractivity contribution is -0.134. The van der Waals surface area contributed by atoms with Gasteiger partial charge in [-0.15, -0.1) is 0 Å². The van der Waals surface area contributed by atoms with E-state index in [0.29, 0.717) is 16.3 Å². The molecule has 0 aromatic heterocycles. The first kappa shape index (κ1) is 23.8. The molecule has 6 nitrogen and oxygen atoms in total. The Hall–Kier alpha value is -3.36. The second-order valence-electron chi connectivity index (χ2n) is 7.69. The van der Waals surface area contributed by atoms with E-state index in [4.69, 9.17) is 11.6 Å². The number of hydrogen-bond donors (Lipinski definition) is 2. The van der Waals surface area contributed by atoms with E-state index in [9.17, 15) is 18.8 Å². The number of carbonyl (C=O) groups excluding carboxylic acids is 3. The lowest BCUT2D eigenvalue weighted by atomic mass is 9.87. The first-order chi connectivity index (χ1) is 16.3. The van der Waals surface area contributed by atoms with Crippen molar-refractivity contribution in [2.75, 3.05) is 11.9 Å². The van der Waals surface area contributed by atoms with Gasteiger partial charge in [0.25, 0.3) is 5.91 Å². The molecule has 1 fully saturated rings. The predicted molar refractivity (Wildman–Crippen MR) is 129 cm³/mol. The molecule has 9 heteroatoms. The topological polar surface area (TPSA) is 78.5 Å². The van der Waals surface area contributed by atoms with Crippen LogP contribution < -0.4 is 10.6 Å². The summed E-state index contributed by atoms with van der Waals surface area (Å²) < 4.78 is 13.4. The van der Waals surface area contributed by atoms with E-state index >= 15 is 0 Å². The monoisotopic (exact) mass is 497 g/mol. The quantitative estimate of drug-likeness (QED) is 0.427. The van der Waals surface area contributed by atoms with E-state index in [1.54, 1.807) is 31.2 Å². The molecule has 174 valence electrons. The largest absolute Gasteiger partial charge is 0.325 e. The van der Waals surface area contributed by atoms with Gasteiger partial charge in [0.15, 0.2) is 0 Å². The molecule has 0 bridgehead atoms. The Morgan fingerprint density at radius 2 is 1.74 bits per heavy atom. The van der Waals surface area contributed by atoms with Crippen LogP contribution in [0.3, 0.4) is 0 Å². The minimum Gasteiger partial charge on any atom is -0.323 e.